The summed E-state index contributed by atoms with van der Waals surface area (Å²) in [5, 5.41) is 50.0. The molecule has 0 bridgehead atoms. The van der Waals surface area contributed by atoms with Crippen LogP contribution in [-0.2, 0) is 19.3 Å². The zero-order chi connectivity index (χ0) is 24.1. The summed E-state index contributed by atoms with van der Waals surface area (Å²) in [6.07, 6.45) is -7.10. The molecule has 4 atom stereocenters. The summed E-state index contributed by atoms with van der Waals surface area (Å²) in [6.45, 7) is -0.527. The van der Waals surface area contributed by atoms with Crippen molar-refractivity contribution in [3.05, 3.63) is 52.2 Å². The standard InChI is InChI=1S/C20H18O12S/c21-9-3-1-8(2-4-9)14-6-12(24)15-10(22)5-11(23)16(18(15)31-14)19-20(32-33(27,28)29)17(26)13(25)7-30-19/h1-6,13,17,19-23,25-26H,7H2,(H,27,28,29). The van der Waals surface area contributed by atoms with E-state index >= 15 is 0 Å². The van der Waals surface area contributed by atoms with E-state index in [1.54, 1.807) is 0 Å². The van der Waals surface area contributed by atoms with Crippen molar-refractivity contribution in [2.24, 2.45) is 0 Å². The number of hydrogen-bond donors (Lipinski definition) is 6. The largest absolute Gasteiger partial charge is 0.508 e. The SMILES string of the molecule is O=c1cc(-c2ccc(O)cc2)oc2c(C3OCC(O)C(O)C3OS(=O)(=O)O)c(O)cc(O)c12. The van der Waals surface area contributed by atoms with Crippen LogP contribution in [0.25, 0.3) is 22.3 Å². The van der Waals surface area contributed by atoms with Gasteiger partial charge in [-0.3, -0.25) is 9.35 Å². The third-order valence-corrected chi connectivity index (χ3v) is 5.61. The number of aliphatic hydroxyl groups is 2. The van der Waals surface area contributed by atoms with E-state index in [9.17, 15) is 38.7 Å². The lowest BCUT2D eigenvalue weighted by molar-refractivity contribution is -0.181. The smallest absolute Gasteiger partial charge is 0.397 e. The van der Waals surface area contributed by atoms with Crippen LogP contribution in [0.5, 0.6) is 17.2 Å². The lowest BCUT2D eigenvalue weighted by atomic mass is 9.92. The van der Waals surface area contributed by atoms with Crippen LogP contribution in [0.1, 0.15) is 11.7 Å². The van der Waals surface area contributed by atoms with Crippen LogP contribution in [0.15, 0.2) is 45.6 Å². The van der Waals surface area contributed by atoms with Gasteiger partial charge in [0.2, 0.25) is 0 Å². The maximum Gasteiger partial charge on any atom is 0.397 e. The van der Waals surface area contributed by atoms with Gasteiger partial charge in [-0.05, 0) is 24.3 Å². The van der Waals surface area contributed by atoms with E-state index in [0.717, 1.165) is 12.1 Å². The Labute approximate surface area is 185 Å². The van der Waals surface area contributed by atoms with Gasteiger partial charge in [0.15, 0.2) is 11.0 Å². The Bertz CT molecular complexity index is 1360. The third kappa shape index (κ3) is 4.37. The number of ether oxygens (including phenoxy) is 1. The molecule has 1 aliphatic rings. The van der Waals surface area contributed by atoms with Gasteiger partial charge in [0.1, 0.15) is 52.8 Å². The highest BCUT2D eigenvalue weighted by Gasteiger charge is 2.45. The van der Waals surface area contributed by atoms with Gasteiger partial charge >= 0.3 is 10.4 Å². The fourth-order valence-electron chi connectivity index (χ4n) is 3.65. The average molecular weight is 482 g/mol. The highest BCUT2D eigenvalue weighted by molar-refractivity contribution is 7.80. The number of aromatic hydroxyl groups is 3. The monoisotopic (exact) mass is 482 g/mol. The minimum absolute atomic E-state index is 0.0395. The Balaban J connectivity index is 1.97. The maximum absolute atomic E-state index is 12.8. The van der Waals surface area contributed by atoms with Crippen LogP contribution in [0, 0.1) is 0 Å². The molecule has 176 valence electrons. The van der Waals surface area contributed by atoms with E-state index in [1.165, 1.54) is 24.3 Å². The molecule has 0 radical (unpaired) electrons. The minimum atomic E-state index is -5.16. The third-order valence-electron chi connectivity index (χ3n) is 5.14. The molecule has 1 fully saturated rings. The average Bonchev–Trinajstić information content (AvgIpc) is 2.72. The topological polar surface area (TPSA) is 204 Å². The van der Waals surface area contributed by atoms with Gasteiger partial charge in [-0.25, -0.2) is 4.18 Å². The zero-order valence-electron chi connectivity index (χ0n) is 16.5. The van der Waals surface area contributed by atoms with Gasteiger partial charge < -0.3 is 34.7 Å². The second-order valence-electron chi connectivity index (χ2n) is 7.35. The molecule has 0 amide bonds. The lowest BCUT2D eigenvalue weighted by Crippen LogP contribution is -2.51. The normalized spacial score (nSPS) is 23.6. The molecule has 0 spiro atoms. The van der Waals surface area contributed by atoms with Crippen LogP contribution in [-0.4, -0.2) is 63.4 Å². The van der Waals surface area contributed by atoms with Crippen molar-refractivity contribution in [2.45, 2.75) is 24.4 Å². The summed E-state index contributed by atoms with van der Waals surface area (Å²) in [6, 6.07) is 7.38. The highest BCUT2D eigenvalue weighted by Crippen LogP contribution is 2.43. The Morgan fingerprint density at radius 1 is 1.00 bits per heavy atom. The van der Waals surface area contributed by atoms with Crippen molar-refractivity contribution in [2.75, 3.05) is 6.61 Å². The van der Waals surface area contributed by atoms with Crippen molar-refractivity contribution < 1.29 is 51.8 Å². The van der Waals surface area contributed by atoms with Crippen molar-refractivity contribution in [1.29, 1.82) is 0 Å². The summed E-state index contributed by atoms with van der Waals surface area (Å²) in [5.41, 5.74) is -1.19. The molecule has 13 heteroatoms. The fraction of sp³-hybridized carbons (Fsp3) is 0.250. The molecular formula is C20H18O12S. The molecule has 6 N–H and O–H groups in total. The number of phenolic OH excluding ortho intramolecular Hbond substituents is 3. The van der Waals surface area contributed by atoms with Crippen LogP contribution >= 0.6 is 0 Å². The minimum Gasteiger partial charge on any atom is -0.508 e. The lowest BCUT2D eigenvalue weighted by Gasteiger charge is -2.37. The Morgan fingerprint density at radius 3 is 2.30 bits per heavy atom. The summed E-state index contributed by atoms with van der Waals surface area (Å²) in [4.78, 5) is 12.8. The predicted molar refractivity (Wildman–Crippen MR) is 110 cm³/mol. The van der Waals surface area contributed by atoms with Gasteiger partial charge in [0, 0.05) is 17.7 Å². The first-order valence-corrected chi connectivity index (χ1v) is 10.8. The first-order chi connectivity index (χ1) is 15.5. The number of fused-ring (bicyclic) bond motifs is 1. The van der Waals surface area contributed by atoms with Crippen molar-refractivity contribution in [1.82, 2.24) is 0 Å². The molecule has 0 saturated carbocycles. The van der Waals surface area contributed by atoms with Crippen molar-refractivity contribution in [3.8, 4) is 28.6 Å². The summed E-state index contributed by atoms with van der Waals surface area (Å²) >= 11 is 0. The first kappa shape index (κ1) is 23.0. The number of phenols is 3. The molecule has 1 aromatic heterocycles. The van der Waals surface area contributed by atoms with E-state index in [2.05, 4.69) is 4.18 Å². The van der Waals surface area contributed by atoms with E-state index in [0.29, 0.717) is 5.56 Å². The van der Waals surface area contributed by atoms with E-state index < -0.39 is 63.9 Å². The Kier molecular flexibility index (Phi) is 5.78. The van der Waals surface area contributed by atoms with Crippen LogP contribution in [0.2, 0.25) is 0 Å². The summed E-state index contributed by atoms with van der Waals surface area (Å²) in [7, 11) is -5.16. The van der Waals surface area contributed by atoms with Gasteiger partial charge in [-0.1, -0.05) is 0 Å². The first-order valence-electron chi connectivity index (χ1n) is 9.42. The van der Waals surface area contributed by atoms with E-state index in [1.807, 2.05) is 0 Å². The number of aliphatic hydroxyl groups excluding tert-OH is 2. The molecule has 1 saturated heterocycles. The Hall–Kier alpha value is -3.20. The molecule has 0 aliphatic carbocycles. The zero-order valence-corrected chi connectivity index (χ0v) is 17.3. The van der Waals surface area contributed by atoms with E-state index in [-0.39, 0.29) is 22.5 Å². The molecular weight excluding hydrogens is 464 g/mol. The number of benzene rings is 2. The molecule has 4 unspecified atom stereocenters. The molecule has 1 aliphatic heterocycles. The van der Waals surface area contributed by atoms with Crippen molar-refractivity contribution >= 4 is 21.4 Å². The summed E-state index contributed by atoms with van der Waals surface area (Å²) in [5.74, 6) is -1.45. The number of rotatable bonds is 4. The van der Waals surface area contributed by atoms with Gasteiger partial charge in [-0.2, -0.15) is 8.42 Å². The molecule has 33 heavy (non-hydrogen) atoms. The van der Waals surface area contributed by atoms with Gasteiger partial charge in [-0.15, -0.1) is 0 Å². The molecule has 2 aromatic carbocycles. The molecule has 3 aromatic rings. The van der Waals surface area contributed by atoms with E-state index in [4.69, 9.17) is 13.7 Å². The Morgan fingerprint density at radius 2 is 1.67 bits per heavy atom. The van der Waals surface area contributed by atoms with Crippen molar-refractivity contribution in [3.63, 3.8) is 0 Å². The molecule has 12 nitrogen and oxygen atoms in total. The van der Waals surface area contributed by atoms with Crippen LogP contribution < -0.4 is 5.43 Å². The van der Waals surface area contributed by atoms with Gasteiger partial charge in [0.25, 0.3) is 0 Å². The quantitative estimate of drug-likeness (QED) is 0.282. The second kappa shape index (κ2) is 8.30. The van der Waals surface area contributed by atoms with Gasteiger partial charge in [0.05, 0.1) is 12.2 Å². The fourth-order valence-corrected chi connectivity index (χ4v) is 4.15. The van der Waals surface area contributed by atoms with Crippen LogP contribution in [0.4, 0.5) is 0 Å². The molecule has 4 rings (SSSR count). The second-order valence-corrected chi connectivity index (χ2v) is 8.40. The predicted octanol–water partition coefficient (Wildman–Crippen LogP) is 0.558. The molecule has 2 heterocycles. The van der Waals surface area contributed by atoms with Crippen LogP contribution in [0.3, 0.4) is 0 Å². The number of hydrogen-bond acceptors (Lipinski definition) is 11. The highest BCUT2D eigenvalue weighted by atomic mass is 32.3. The maximum atomic E-state index is 12.8. The summed E-state index contributed by atoms with van der Waals surface area (Å²) < 4.78 is 47.5.